The van der Waals surface area contributed by atoms with Crippen molar-refractivity contribution in [3.05, 3.63) is 61.7 Å². The molecule has 0 bridgehead atoms. The van der Waals surface area contributed by atoms with Crippen molar-refractivity contribution in [2.45, 2.75) is 64.0 Å². The fourth-order valence-corrected chi connectivity index (χ4v) is 6.24. The number of carbonyl (C=O) groups excluding carboxylic acids is 2. The van der Waals surface area contributed by atoms with Crippen molar-refractivity contribution in [3.8, 4) is 11.4 Å². The van der Waals surface area contributed by atoms with E-state index in [1.165, 1.54) is 10.6 Å². The first-order valence-electron chi connectivity index (χ1n) is 13.2. The van der Waals surface area contributed by atoms with E-state index in [9.17, 15) is 29.4 Å². The fraction of sp³-hybridized carbons (Fsp3) is 0.393. The van der Waals surface area contributed by atoms with Gasteiger partial charge in [-0.3, -0.25) is 9.59 Å². The van der Waals surface area contributed by atoms with E-state index in [0.717, 1.165) is 5.56 Å². The third-order valence-electron chi connectivity index (χ3n) is 8.44. The smallest absolute Gasteiger partial charge is 0.404 e. The van der Waals surface area contributed by atoms with Crippen LogP contribution in [-0.4, -0.2) is 55.5 Å². The summed E-state index contributed by atoms with van der Waals surface area (Å²) in [6.07, 6.45) is -2.29. The maximum absolute atomic E-state index is 15.0. The van der Waals surface area contributed by atoms with Gasteiger partial charge >= 0.3 is 12.1 Å². The zero-order chi connectivity index (χ0) is 29.4. The molecule has 1 aromatic carbocycles. The minimum Gasteiger partial charge on any atom is -0.465 e. The van der Waals surface area contributed by atoms with Gasteiger partial charge in [0.05, 0.1) is 41.6 Å². The van der Waals surface area contributed by atoms with Crippen LogP contribution in [0.1, 0.15) is 59.2 Å². The van der Waals surface area contributed by atoms with Crippen LogP contribution in [0, 0.1) is 12.7 Å². The minimum absolute atomic E-state index is 0.0218. The molecule has 0 radical (unpaired) electrons. The number of benzene rings is 1. The Morgan fingerprint density at radius 3 is 2.73 bits per heavy atom. The first kappa shape index (κ1) is 26.8. The van der Waals surface area contributed by atoms with Crippen LogP contribution >= 0.6 is 0 Å². The molecule has 3 aliphatic rings. The molecule has 1 aliphatic carbocycles. The van der Waals surface area contributed by atoms with Gasteiger partial charge in [-0.1, -0.05) is 6.92 Å². The number of carboxylic acid groups (broad SMARTS) is 1. The van der Waals surface area contributed by atoms with E-state index >= 15 is 4.39 Å². The number of rotatable bonds is 5. The average Bonchev–Trinajstić information content (AvgIpc) is 3.31. The van der Waals surface area contributed by atoms with Gasteiger partial charge in [-0.15, -0.1) is 0 Å². The number of cyclic esters (lactones) is 1. The zero-order valence-corrected chi connectivity index (χ0v) is 22.2. The number of aliphatic hydroxyl groups is 2. The number of pyridine rings is 2. The quantitative estimate of drug-likeness (QED) is 0.222. The number of nitrogens with one attached hydrogen (secondary N) is 2. The molecule has 214 valence electrons. The summed E-state index contributed by atoms with van der Waals surface area (Å²) in [4.78, 5) is 54.6. The predicted molar refractivity (Wildman–Crippen MR) is 140 cm³/mol. The summed E-state index contributed by atoms with van der Waals surface area (Å²) in [5, 5.41) is 35.6. The number of aliphatic hydroxyl groups excluding tert-OH is 1. The second-order valence-corrected chi connectivity index (χ2v) is 10.6. The number of carbonyl (C=O) groups is 3. The minimum atomic E-state index is -2.01. The topological polar surface area (TPSA) is 180 Å². The van der Waals surface area contributed by atoms with Crippen molar-refractivity contribution < 1.29 is 38.8 Å². The second-order valence-electron chi connectivity index (χ2n) is 10.6. The number of hydrogen-bond acceptors (Lipinski definition) is 8. The van der Waals surface area contributed by atoms with E-state index in [4.69, 9.17) is 14.8 Å². The second kappa shape index (κ2) is 9.35. The highest BCUT2D eigenvalue weighted by Gasteiger charge is 2.46. The molecule has 6 rings (SSSR count). The van der Waals surface area contributed by atoms with E-state index in [1.807, 2.05) is 5.32 Å². The van der Waals surface area contributed by atoms with E-state index in [1.54, 1.807) is 19.9 Å². The largest absolute Gasteiger partial charge is 0.465 e. The van der Waals surface area contributed by atoms with E-state index in [2.05, 4.69) is 5.32 Å². The monoisotopic (exact) mass is 566 g/mol. The molecule has 4 heterocycles. The van der Waals surface area contributed by atoms with Gasteiger partial charge in [-0.05, 0) is 48.9 Å². The van der Waals surface area contributed by atoms with Crippen molar-refractivity contribution in [1.29, 1.82) is 0 Å². The lowest BCUT2D eigenvalue weighted by Crippen LogP contribution is -2.44. The molecule has 0 saturated heterocycles. The molecule has 0 fully saturated rings. The number of aryl methyl sites for hydroxylation is 1. The fourth-order valence-electron chi connectivity index (χ4n) is 6.24. The standard InChI is InChI=1S/C28H27FN4O8/c1-3-28(40)15-6-19-23-13(9-33(19)25(36)14(15)10-41-26(28)37)22-17(32-24(35)20(34)8-30-27(38)39)5-4-12-11(2)16(29)7-18(31-23)21(12)22/h6-7,17,20,30,34,40H,3-5,8-10H2,1-2H3,(H,32,35)(H,38,39)/t17-,20+,28-/m0/s1. The third kappa shape index (κ3) is 3.90. The zero-order valence-electron chi connectivity index (χ0n) is 22.2. The van der Waals surface area contributed by atoms with Crippen LogP contribution in [0.4, 0.5) is 9.18 Å². The molecule has 5 N–H and O–H groups in total. The third-order valence-corrected chi connectivity index (χ3v) is 8.44. The van der Waals surface area contributed by atoms with Crippen LogP contribution in [0.3, 0.4) is 0 Å². The molecular formula is C28H27FN4O8. The molecule has 13 heteroatoms. The summed E-state index contributed by atoms with van der Waals surface area (Å²) < 4.78 is 21.6. The van der Waals surface area contributed by atoms with E-state index < -0.39 is 53.6 Å². The number of aromatic nitrogens is 2. The molecule has 0 unspecified atom stereocenters. The highest BCUT2D eigenvalue weighted by molar-refractivity contribution is 5.94. The number of halogens is 1. The van der Waals surface area contributed by atoms with Gasteiger partial charge in [0.1, 0.15) is 18.5 Å². The van der Waals surface area contributed by atoms with Gasteiger partial charge in [-0.2, -0.15) is 0 Å². The molecule has 0 saturated carbocycles. The molecule has 12 nitrogen and oxygen atoms in total. The molecule has 41 heavy (non-hydrogen) atoms. The summed E-state index contributed by atoms with van der Waals surface area (Å²) in [6, 6.07) is 2.20. The SMILES string of the molecule is CC[C@@]1(O)C(=O)OCc2c1cc1n(c2=O)Cc2c-1nc1cc(F)c(C)c3c1c2[C@@H](NC(=O)[C@H](O)CNC(=O)O)CC3. The Balaban J connectivity index is 1.54. The van der Waals surface area contributed by atoms with Crippen LogP contribution in [0.2, 0.25) is 0 Å². The molecule has 3 atom stereocenters. The molecule has 2 aliphatic heterocycles. The van der Waals surface area contributed by atoms with Gasteiger partial charge in [-0.25, -0.2) is 19.0 Å². The lowest BCUT2D eigenvalue weighted by atomic mass is 9.81. The average molecular weight is 567 g/mol. The van der Waals surface area contributed by atoms with Crippen molar-refractivity contribution in [1.82, 2.24) is 20.2 Å². The van der Waals surface area contributed by atoms with Crippen molar-refractivity contribution in [3.63, 3.8) is 0 Å². The van der Waals surface area contributed by atoms with Crippen molar-refractivity contribution in [2.24, 2.45) is 0 Å². The normalized spacial score (nSPS) is 21.0. The Morgan fingerprint density at radius 2 is 2.02 bits per heavy atom. The molecule has 2 aromatic heterocycles. The van der Waals surface area contributed by atoms with Gasteiger partial charge in [0, 0.05) is 22.6 Å². The number of ether oxygens (including phenoxy) is 1. The Bertz CT molecular complexity index is 1750. The molecule has 2 amide bonds. The lowest BCUT2D eigenvalue weighted by molar-refractivity contribution is -0.172. The first-order chi connectivity index (χ1) is 19.5. The highest BCUT2D eigenvalue weighted by atomic mass is 19.1. The molecule has 3 aromatic rings. The number of hydrogen-bond donors (Lipinski definition) is 5. The van der Waals surface area contributed by atoms with Crippen LogP contribution in [-0.2, 0) is 39.5 Å². The summed E-state index contributed by atoms with van der Waals surface area (Å²) in [5.41, 5.74) is 1.25. The van der Waals surface area contributed by atoms with Gasteiger partial charge < -0.3 is 35.3 Å². The van der Waals surface area contributed by atoms with Crippen LogP contribution in [0.15, 0.2) is 16.9 Å². The molecular weight excluding hydrogens is 539 g/mol. The number of esters is 1. The molecule has 0 spiro atoms. The van der Waals surface area contributed by atoms with E-state index in [-0.39, 0.29) is 30.7 Å². The summed E-state index contributed by atoms with van der Waals surface area (Å²) in [7, 11) is 0. The Labute approximate surface area is 231 Å². The van der Waals surface area contributed by atoms with Crippen LogP contribution in [0.25, 0.3) is 22.3 Å². The van der Waals surface area contributed by atoms with Crippen LogP contribution < -0.4 is 16.2 Å². The van der Waals surface area contributed by atoms with Gasteiger partial charge in [0.2, 0.25) is 0 Å². The Hall–Kier alpha value is -4.36. The van der Waals surface area contributed by atoms with Gasteiger partial charge in [0.25, 0.3) is 11.5 Å². The number of nitrogens with zero attached hydrogens (tertiary/aromatic N) is 2. The first-order valence-corrected chi connectivity index (χ1v) is 13.2. The van der Waals surface area contributed by atoms with Crippen LogP contribution in [0.5, 0.6) is 0 Å². The lowest BCUT2D eigenvalue weighted by Gasteiger charge is -2.31. The summed E-state index contributed by atoms with van der Waals surface area (Å²) >= 11 is 0. The summed E-state index contributed by atoms with van der Waals surface area (Å²) in [6.45, 7) is 2.54. The maximum atomic E-state index is 15.0. The van der Waals surface area contributed by atoms with Gasteiger partial charge in [0.15, 0.2) is 5.60 Å². The number of fused-ring (bicyclic) bond motifs is 5. The number of amides is 2. The van der Waals surface area contributed by atoms with Crippen molar-refractivity contribution >= 4 is 28.9 Å². The van der Waals surface area contributed by atoms with E-state index in [0.29, 0.717) is 51.8 Å². The maximum Gasteiger partial charge on any atom is 0.404 e. The summed E-state index contributed by atoms with van der Waals surface area (Å²) in [5.74, 6) is -2.10. The Kier molecular flexibility index (Phi) is 6.12. The van der Waals surface area contributed by atoms with Crippen molar-refractivity contribution in [2.75, 3.05) is 6.54 Å². The predicted octanol–water partition coefficient (Wildman–Crippen LogP) is 1.26. The highest BCUT2D eigenvalue weighted by Crippen LogP contribution is 2.45. The Morgan fingerprint density at radius 1 is 1.27 bits per heavy atom.